The van der Waals surface area contributed by atoms with Crippen molar-refractivity contribution in [1.82, 2.24) is 19.8 Å². The molecule has 1 aliphatic rings. The van der Waals surface area contributed by atoms with Crippen molar-refractivity contribution in [2.45, 2.75) is 20.3 Å². The number of rotatable bonds is 5. The minimum Gasteiger partial charge on any atom is -0.465 e. The molecule has 3 rings (SSSR count). The molecule has 0 unspecified atom stereocenters. The van der Waals surface area contributed by atoms with Gasteiger partial charge in [-0.15, -0.1) is 11.3 Å². The van der Waals surface area contributed by atoms with Crippen LogP contribution in [0.5, 0.6) is 0 Å². The highest BCUT2D eigenvalue weighted by molar-refractivity contribution is 7.17. The van der Waals surface area contributed by atoms with Crippen LogP contribution >= 0.6 is 11.3 Å². The Labute approximate surface area is 163 Å². The second-order valence-corrected chi connectivity index (χ2v) is 7.37. The van der Waals surface area contributed by atoms with Gasteiger partial charge in [0.25, 0.3) is 5.91 Å². The lowest BCUT2D eigenvalue weighted by molar-refractivity contribution is -0.144. The zero-order valence-corrected chi connectivity index (χ0v) is 16.5. The van der Waals surface area contributed by atoms with E-state index >= 15 is 0 Å². The summed E-state index contributed by atoms with van der Waals surface area (Å²) in [5.74, 6) is -0.208. The van der Waals surface area contributed by atoms with Crippen molar-refractivity contribution in [3.8, 4) is 10.7 Å². The first-order valence-electron chi connectivity index (χ1n) is 9.14. The Morgan fingerprint density at radius 2 is 2.07 bits per heavy atom. The van der Waals surface area contributed by atoms with E-state index in [-0.39, 0.29) is 18.4 Å². The summed E-state index contributed by atoms with van der Waals surface area (Å²) in [5.41, 5.74) is 1.51. The maximum atomic E-state index is 13.0. The van der Waals surface area contributed by atoms with Gasteiger partial charge < -0.3 is 9.64 Å². The number of carbonyl (C=O) groups excluding carboxylic acids is 2. The molecule has 0 spiro atoms. The van der Waals surface area contributed by atoms with Crippen molar-refractivity contribution >= 4 is 23.2 Å². The van der Waals surface area contributed by atoms with Crippen molar-refractivity contribution in [3.63, 3.8) is 0 Å². The Kier molecular flexibility index (Phi) is 6.52. The molecule has 1 aliphatic heterocycles. The first-order valence-corrected chi connectivity index (χ1v) is 9.96. The van der Waals surface area contributed by atoms with Crippen LogP contribution in [0.15, 0.2) is 24.4 Å². The summed E-state index contributed by atoms with van der Waals surface area (Å²) in [6, 6.07) is 5.66. The second kappa shape index (κ2) is 9.05. The van der Waals surface area contributed by atoms with Crippen LogP contribution in [-0.2, 0) is 9.53 Å². The molecular formula is C19H24N4O3S. The average Bonchev–Trinajstić information content (AvgIpc) is 2.90. The predicted octanol–water partition coefficient (Wildman–Crippen LogP) is 2.22. The van der Waals surface area contributed by atoms with Gasteiger partial charge in [-0.05, 0) is 32.4 Å². The van der Waals surface area contributed by atoms with E-state index in [4.69, 9.17) is 4.74 Å². The van der Waals surface area contributed by atoms with Crippen LogP contribution in [0.2, 0.25) is 0 Å². The Balaban J connectivity index is 1.66. The molecule has 1 saturated heterocycles. The third-order valence-corrected chi connectivity index (χ3v) is 5.58. The number of carbonyl (C=O) groups is 2. The molecule has 0 N–H and O–H groups in total. The highest BCUT2D eigenvalue weighted by atomic mass is 32.1. The van der Waals surface area contributed by atoms with Gasteiger partial charge in [0.2, 0.25) is 0 Å². The van der Waals surface area contributed by atoms with E-state index in [1.54, 1.807) is 13.1 Å². The summed E-state index contributed by atoms with van der Waals surface area (Å²) in [7, 11) is 0. The fourth-order valence-corrected chi connectivity index (χ4v) is 4.07. The average molecular weight is 388 g/mol. The number of pyridine rings is 1. The van der Waals surface area contributed by atoms with E-state index in [0.29, 0.717) is 31.1 Å². The zero-order chi connectivity index (χ0) is 19.2. The minimum absolute atomic E-state index is 0.00478. The van der Waals surface area contributed by atoms with E-state index in [0.717, 1.165) is 29.4 Å². The van der Waals surface area contributed by atoms with Crippen molar-refractivity contribution in [2.24, 2.45) is 0 Å². The lowest BCUT2D eigenvalue weighted by Crippen LogP contribution is -2.37. The molecule has 7 nitrogen and oxygen atoms in total. The highest BCUT2D eigenvalue weighted by Crippen LogP contribution is 2.27. The van der Waals surface area contributed by atoms with E-state index in [9.17, 15) is 9.59 Å². The van der Waals surface area contributed by atoms with Crippen molar-refractivity contribution in [1.29, 1.82) is 0 Å². The zero-order valence-electron chi connectivity index (χ0n) is 15.7. The van der Waals surface area contributed by atoms with Crippen LogP contribution in [0.4, 0.5) is 0 Å². The topological polar surface area (TPSA) is 75.6 Å². The van der Waals surface area contributed by atoms with Crippen LogP contribution in [0.1, 0.15) is 28.7 Å². The number of hydrogen-bond donors (Lipinski definition) is 0. The van der Waals surface area contributed by atoms with Crippen molar-refractivity contribution in [2.75, 3.05) is 39.3 Å². The summed E-state index contributed by atoms with van der Waals surface area (Å²) in [6.07, 6.45) is 2.55. The molecule has 2 aromatic rings. The largest absolute Gasteiger partial charge is 0.465 e. The molecule has 8 heteroatoms. The molecule has 0 aromatic carbocycles. The van der Waals surface area contributed by atoms with Gasteiger partial charge >= 0.3 is 5.97 Å². The highest BCUT2D eigenvalue weighted by Gasteiger charge is 2.25. The second-order valence-electron chi connectivity index (χ2n) is 6.38. The molecule has 1 fully saturated rings. The molecule has 0 atom stereocenters. The van der Waals surface area contributed by atoms with Crippen LogP contribution in [0.25, 0.3) is 10.7 Å². The summed E-state index contributed by atoms with van der Waals surface area (Å²) in [5, 5.41) is 0.759. The van der Waals surface area contributed by atoms with Crippen LogP contribution in [-0.4, -0.2) is 71.0 Å². The van der Waals surface area contributed by atoms with Gasteiger partial charge in [0.05, 0.1) is 24.5 Å². The SMILES string of the molecule is CCOC(=O)CN1CCCN(C(=O)c2sc(-c3ccccn3)nc2C)CC1. The lowest BCUT2D eigenvalue weighted by Gasteiger charge is -2.21. The third-order valence-electron chi connectivity index (χ3n) is 4.41. The third kappa shape index (κ3) is 4.90. The van der Waals surface area contributed by atoms with Crippen LogP contribution < -0.4 is 0 Å². The number of esters is 1. The van der Waals surface area contributed by atoms with Gasteiger partial charge in [0, 0.05) is 32.4 Å². The van der Waals surface area contributed by atoms with Crippen molar-refractivity contribution < 1.29 is 14.3 Å². The number of nitrogens with zero attached hydrogens (tertiary/aromatic N) is 4. The van der Waals surface area contributed by atoms with E-state index < -0.39 is 0 Å². The van der Waals surface area contributed by atoms with E-state index in [1.807, 2.05) is 34.9 Å². The van der Waals surface area contributed by atoms with Gasteiger partial charge in [0.15, 0.2) is 0 Å². The monoisotopic (exact) mass is 388 g/mol. The van der Waals surface area contributed by atoms with Crippen molar-refractivity contribution in [3.05, 3.63) is 35.0 Å². The maximum Gasteiger partial charge on any atom is 0.320 e. The molecule has 0 saturated carbocycles. The standard InChI is InChI=1S/C19H24N4O3S/c1-3-26-16(24)13-22-9-6-10-23(12-11-22)19(25)17-14(2)21-18(27-17)15-7-4-5-8-20-15/h4-5,7-8H,3,6,9-13H2,1-2H3. The number of thiazole rings is 1. The Bertz CT molecular complexity index is 794. The first-order chi connectivity index (χ1) is 13.1. The van der Waals surface area contributed by atoms with Gasteiger partial charge in [-0.3, -0.25) is 19.5 Å². The Morgan fingerprint density at radius 3 is 2.81 bits per heavy atom. The number of ether oxygens (including phenoxy) is 1. The summed E-state index contributed by atoms with van der Waals surface area (Å²) in [6.45, 7) is 7.04. The molecular weight excluding hydrogens is 364 g/mol. The first kappa shape index (κ1) is 19.4. The molecule has 2 aromatic heterocycles. The van der Waals surface area contributed by atoms with E-state index in [2.05, 4.69) is 9.97 Å². The van der Waals surface area contributed by atoms with Gasteiger partial charge in [-0.2, -0.15) is 0 Å². The minimum atomic E-state index is -0.212. The molecule has 1 amide bonds. The molecule has 0 radical (unpaired) electrons. The lowest BCUT2D eigenvalue weighted by atomic mass is 10.3. The number of aryl methyl sites for hydroxylation is 1. The number of amides is 1. The van der Waals surface area contributed by atoms with Gasteiger partial charge in [0.1, 0.15) is 9.88 Å². The molecule has 144 valence electrons. The fraction of sp³-hybridized carbons (Fsp3) is 0.474. The predicted molar refractivity (Wildman–Crippen MR) is 104 cm³/mol. The van der Waals surface area contributed by atoms with Gasteiger partial charge in [-0.1, -0.05) is 6.07 Å². The van der Waals surface area contributed by atoms with Crippen LogP contribution in [0.3, 0.4) is 0 Å². The summed E-state index contributed by atoms with van der Waals surface area (Å²) >= 11 is 1.39. The molecule has 3 heterocycles. The maximum absolute atomic E-state index is 13.0. The summed E-state index contributed by atoms with van der Waals surface area (Å²) < 4.78 is 5.02. The normalized spacial score (nSPS) is 15.4. The number of hydrogen-bond acceptors (Lipinski definition) is 7. The Hall–Kier alpha value is -2.32. The Morgan fingerprint density at radius 1 is 1.22 bits per heavy atom. The quantitative estimate of drug-likeness (QED) is 0.731. The number of aromatic nitrogens is 2. The van der Waals surface area contributed by atoms with Gasteiger partial charge in [-0.25, -0.2) is 4.98 Å². The molecule has 0 bridgehead atoms. The van der Waals surface area contributed by atoms with E-state index in [1.165, 1.54) is 11.3 Å². The fourth-order valence-electron chi connectivity index (χ4n) is 3.06. The molecule has 27 heavy (non-hydrogen) atoms. The smallest absolute Gasteiger partial charge is 0.320 e. The summed E-state index contributed by atoms with van der Waals surface area (Å²) in [4.78, 5) is 38.1. The van der Waals surface area contributed by atoms with Crippen LogP contribution in [0, 0.1) is 6.92 Å². The molecule has 0 aliphatic carbocycles.